The minimum atomic E-state index is 0.366. The van der Waals surface area contributed by atoms with Crippen LogP contribution >= 0.6 is 11.8 Å². The van der Waals surface area contributed by atoms with Crippen LogP contribution < -0.4 is 0 Å². The summed E-state index contributed by atoms with van der Waals surface area (Å²) in [5.74, 6) is 1.16. The van der Waals surface area contributed by atoms with Gasteiger partial charge in [0.05, 0.1) is 5.75 Å². The summed E-state index contributed by atoms with van der Waals surface area (Å²) in [6, 6.07) is 0. The number of carbonyl (C=O) groups is 1. The molecule has 0 aromatic carbocycles. The van der Waals surface area contributed by atoms with Gasteiger partial charge in [0, 0.05) is 11.7 Å². The molecule has 0 aromatic heterocycles. The van der Waals surface area contributed by atoms with Gasteiger partial charge in [-0.1, -0.05) is 20.8 Å². The van der Waals surface area contributed by atoms with Crippen LogP contribution in [0.25, 0.3) is 0 Å². The van der Waals surface area contributed by atoms with E-state index in [9.17, 15) is 4.79 Å². The minimum Gasteiger partial charge on any atom is -0.299 e. The second-order valence-electron chi connectivity index (χ2n) is 4.24. The van der Waals surface area contributed by atoms with E-state index in [4.69, 9.17) is 0 Å². The third kappa shape index (κ3) is 2.51. The molecule has 1 atom stereocenters. The second kappa shape index (κ2) is 3.18. The first-order valence-corrected chi connectivity index (χ1v) is 5.18. The maximum absolute atomic E-state index is 10.9. The molecule has 0 radical (unpaired) electrons. The predicted molar refractivity (Wildman–Crippen MR) is 49.9 cm³/mol. The lowest BCUT2D eigenvalue weighted by Crippen LogP contribution is -2.28. The molecule has 0 amide bonds. The number of Topliss-reactive ketones (excluding diaryl/α,β-unsaturated/α-hetero) is 1. The lowest BCUT2D eigenvalue weighted by atomic mass is 9.88. The van der Waals surface area contributed by atoms with E-state index in [1.807, 2.05) is 11.8 Å². The molecule has 1 saturated heterocycles. The zero-order valence-electron chi connectivity index (χ0n) is 7.52. The van der Waals surface area contributed by atoms with Gasteiger partial charge < -0.3 is 0 Å². The van der Waals surface area contributed by atoms with Crippen molar-refractivity contribution < 1.29 is 4.79 Å². The monoisotopic (exact) mass is 172 g/mol. The molecular weight excluding hydrogens is 156 g/mol. The Balaban J connectivity index is 2.45. The summed E-state index contributed by atoms with van der Waals surface area (Å²) in [5.41, 5.74) is 0.366. The van der Waals surface area contributed by atoms with Crippen LogP contribution in [-0.2, 0) is 4.79 Å². The number of carbonyl (C=O) groups excluding carboxylic acids is 1. The van der Waals surface area contributed by atoms with Crippen LogP contribution in [-0.4, -0.2) is 16.8 Å². The van der Waals surface area contributed by atoms with Crippen LogP contribution in [0, 0.1) is 5.41 Å². The Bertz CT molecular complexity index is 147. The van der Waals surface area contributed by atoms with Crippen molar-refractivity contribution in [2.24, 2.45) is 5.41 Å². The van der Waals surface area contributed by atoms with Gasteiger partial charge in [0.25, 0.3) is 0 Å². The van der Waals surface area contributed by atoms with E-state index in [-0.39, 0.29) is 0 Å². The maximum atomic E-state index is 10.9. The van der Waals surface area contributed by atoms with Crippen molar-refractivity contribution in [3.05, 3.63) is 0 Å². The van der Waals surface area contributed by atoms with Crippen LogP contribution in [0.2, 0.25) is 0 Å². The van der Waals surface area contributed by atoms with Crippen LogP contribution in [0.1, 0.15) is 33.6 Å². The van der Waals surface area contributed by atoms with Gasteiger partial charge in [-0.25, -0.2) is 0 Å². The Labute approximate surface area is 72.9 Å². The highest BCUT2D eigenvalue weighted by atomic mass is 32.2. The van der Waals surface area contributed by atoms with Crippen molar-refractivity contribution in [2.75, 3.05) is 5.75 Å². The van der Waals surface area contributed by atoms with Gasteiger partial charge in [-0.3, -0.25) is 4.79 Å². The van der Waals surface area contributed by atoms with Crippen LogP contribution in [0.15, 0.2) is 0 Å². The SMILES string of the molecule is CC(C)(C)C1CCC(=O)CS1. The number of hydrogen-bond acceptors (Lipinski definition) is 2. The minimum absolute atomic E-state index is 0.366. The smallest absolute Gasteiger partial charge is 0.142 e. The van der Waals surface area contributed by atoms with Crippen LogP contribution in [0.4, 0.5) is 0 Å². The fourth-order valence-electron chi connectivity index (χ4n) is 1.32. The summed E-state index contributed by atoms with van der Waals surface area (Å²) >= 11 is 1.83. The number of rotatable bonds is 0. The standard InChI is InChI=1S/C9H16OS/c1-9(2,3)8-5-4-7(10)6-11-8/h8H,4-6H2,1-3H3. The van der Waals surface area contributed by atoms with Gasteiger partial charge in [-0.05, 0) is 11.8 Å². The summed E-state index contributed by atoms with van der Waals surface area (Å²) in [4.78, 5) is 10.9. The Morgan fingerprint density at radius 2 is 2.09 bits per heavy atom. The zero-order chi connectivity index (χ0) is 8.48. The molecule has 1 heterocycles. The Kier molecular flexibility index (Phi) is 2.63. The third-order valence-corrected chi connectivity index (χ3v) is 3.93. The third-order valence-electron chi connectivity index (χ3n) is 2.10. The molecule has 0 N–H and O–H groups in total. The molecule has 2 heteroatoms. The first-order chi connectivity index (χ1) is 5.00. The van der Waals surface area contributed by atoms with Crippen molar-refractivity contribution in [2.45, 2.75) is 38.9 Å². The number of hydrogen-bond donors (Lipinski definition) is 0. The lowest BCUT2D eigenvalue weighted by Gasteiger charge is -2.32. The van der Waals surface area contributed by atoms with E-state index >= 15 is 0 Å². The molecule has 11 heavy (non-hydrogen) atoms. The fourth-order valence-corrected chi connectivity index (χ4v) is 2.64. The van der Waals surface area contributed by atoms with Gasteiger partial charge >= 0.3 is 0 Å². The molecule has 1 fully saturated rings. The first-order valence-electron chi connectivity index (χ1n) is 4.13. The topological polar surface area (TPSA) is 17.1 Å². The van der Waals surface area contributed by atoms with E-state index in [1.54, 1.807) is 0 Å². The highest BCUT2D eigenvalue weighted by Gasteiger charge is 2.29. The highest BCUT2D eigenvalue weighted by molar-refractivity contribution is 8.00. The molecular formula is C9H16OS. The van der Waals surface area contributed by atoms with Gasteiger partial charge in [0.1, 0.15) is 5.78 Å². The normalized spacial score (nSPS) is 27.2. The van der Waals surface area contributed by atoms with E-state index < -0.39 is 0 Å². The predicted octanol–water partition coefficient (Wildman–Crippen LogP) is 2.50. The summed E-state index contributed by atoms with van der Waals surface area (Å²) in [7, 11) is 0. The molecule has 0 bridgehead atoms. The number of thioether (sulfide) groups is 1. The van der Waals surface area contributed by atoms with Crippen LogP contribution in [0.5, 0.6) is 0 Å². The quantitative estimate of drug-likeness (QED) is 0.558. The molecule has 1 aliphatic rings. The van der Waals surface area contributed by atoms with Gasteiger partial charge in [0.15, 0.2) is 0 Å². The first kappa shape index (κ1) is 9.11. The summed E-state index contributed by atoms with van der Waals surface area (Å²) in [5, 5.41) is 0.681. The summed E-state index contributed by atoms with van der Waals surface area (Å²) < 4.78 is 0. The molecule has 0 spiro atoms. The van der Waals surface area contributed by atoms with Crippen LogP contribution in [0.3, 0.4) is 0 Å². The van der Waals surface area contributed by atoms with Gasteiger partial charge in [0.2, 0.25) is 0 Å². The number of ketones is 1. The fraction of sp³-hybridized carbons (Fsp3) is 0.889. The lowest BCUT2D eigenvalue weighted by molar-refractivity contribution is -0.117. The molecule has 1 aliphatic heterocycles. The largest absolute Gasteiger partial charge is 0.299 e. The average molecular weight is 172 g/mol. The van der Waals surface area contributed by atoms with Gasteiger partial charge in [-0.15, -0.1) is 0 Å². The van der Waals surface area contributed by atoms with Crippen molar-refractivity contribution in [1.29, 1.82) is 0 Å². The maximum Gasteiger partial charge on any atom is 0.142 e. The molecule has 64 valence electrons. The van der Waals surface area contributed by atoms with Crippen molar-refractivity contribution in [1.82, 2.24) is 0 Å². The average Bonchev–Trinajstić information content (AvgIpc) is 1.86. The zero-order valence-corrected chi connectivity index (χ0v) is 8.33. The van der Waals surface area contributed by atoms with E-state index in [1.165, 1.54) is 0 Å². The van der Waals surface area contributed by atoms with E-state index in [0.717, 1.165) is 18.6 Å². The van der Waals surface area contributed by atoms with Crippen molar-refractivity contribution in [3.63, 3.8) is 0 Å². The van der Waals surface area contributed by atoms with Crippen molar-refractivity contribution >= 4 is 17.5 Å². The Hall–Kier alpha value is 0.0200. The van der Waals surface area contributed by atoms with E-state index in [0.29, 0.717) is 16.4 Å². The molecule has 0 aromatic rings. The molecule has 0 aliphatic carbocycles. The Morgan fingerprint density at radius 1 is 1.45 bits per heavy atom. The summed E-state index contributed by atoms with van der Waals surface area (Å²) in [6.45, 7) is 6.75. The van der Waals surface area contributed by atoms with Crippen molar-refractivity contribution in [3.8, 4) is 0 Å². The van der Waals surface area contributed by atoms with Gasteiger partial charge in [-0.2, -0.15) is 11.8 Å². The molecule has 0 saturated carbocycles. The summed E-state index contributed by atoms with van der Waals surface area (Å²) in [6.07, 6.45) is 1.88. The molecule has 1 rings (SSSR count). The Morgan fingerprint density at radius 3 is 2.45 bits per heavy atom. The van der Waals surface area contributed by atoms with E-state index in [2.05, 4.69) is 20.8 Å². The second-order valence-corrected chi connectivity index (χ2v) is 5.43. The highest BCUT2D eigenvalue weighted by Crippen LogP contribution is 2.36. The molecule has 1 unspecified atom stereocenters. The molecule has 1 nitrogen and oxygen atoms in total.